The third-order valence-electron chi connectivity index (χ3n) is 1.78. The highest BCUT2D eigenvalue weighted by atomic mass is 32.2. The van der Waals surface area contributed by atoms with Crippen LogP contribution >= 0.6 is 11.8 Å². The van der Waals surface area contributed by atoms with Crippen LogP contribution in [0.1, 0.15) is 5.56 Å². The van der Waals surface area contributed by atoms with Gasteiger partial charge < -0.3 is 5.73 Å². The summed E-state index contributed by atoms with van der Waals surface area (Å²) in [6.45, 7) is 1.53. The Morgan fingerprint density at radius 3 is 2.69 bits per heavy atom. The number of hydrogen-bond donors (Lipinski definition) is 1. The lowest BCUT2D eigenvalue weighted by Crippen LogP contribution is -2.15. The molecule has 6 heteroatoms. The monoisotopic (exact) mass is 251 g/mol. The molecule has 0 atom stereocenters. The van der Waals surface area contributed by atoms with E-state index in [2.05, 4.69) is 4.74 Å². The number of rotatable bonds is 4. The van der Waals surface area contributed by atoms with Crippen molar-refractivity contribution < 1.29 is 17.9 Å². The Bertz CT molecular complexity index is 354. The number of nitrogens with two attached hydrogens (primary N) is 1. The molecule has 2 nitrogen and oxygen atoms in total. The first kappa shape index (κ1) is 13.2. The van der Waals surface area contributed by atoms with Crippen molar-refractivity contribution in [2.75, 3.05) is 18.1 Å². The summed E-state index contributed by atoms with van der Waals surface area (Å²) in [7, 11) is 0. The molecule has 0 aliphatic heterocycles. The fourth-order valence-corrected chi connectivity index (χ4v) is 1.97. The summed E-state index contributed by atoms with van der Waals surface area (Å²) in [6.07, 6.45) is -4.56. The van der Waals surface area contributed by atoms with Crippen molar-refractivity contribution in [3.63, 3.8) is 0 Å². The molecule has 0 aromatic heterocycles. The summed E-state index contributed by atoms with van der Waals surface area (Å²) in [5.41, 5.74) is 7.27. The second-order valence-electron chi connectivity index (χ2n) is 3.18. The summed E-state index contributed by atoms with van der Waals surface area (Å²) in [5, 5.41) is 0. The van der Waals surface area contributed by atoms with Crippen molar-refractivity contribution in [3.8, 4) is 0 Å². The molecule has 0 bridgehead atoms. The number of nitrogen functional groups attached to an aromatic ring is 1. The molecule has 0 saturated carbocycles. The Hall–Kier alpha value is -0.880. The molecule has 0 fully saturated rings. The first-order chi connectivity index (χ1) is 7.38. The van der Waals surface area contributed by atoms with Gasteiger partial charge in [0.25, 0.3) is 0 Å². The van der Waals surface area contributed by atoms with E-state index in [0.29, 0.717) is 5.69 Å². The molecule has 0 aliphatic rings. The second kappa shape index (κ2) is 5.45. The van der Waals surface area contributed by atoms with Crippen LogP contribution < -0.4 is 5.73 Å². The van der Waals surface area contributed by atoms with Gasteiger partial charge in [0.1, 0.15) is 0 Å². The summed E-state index contributed by atoms with van der Waals surface area (Å²) in [4.78, 5) is 0.783. The van der Waals surface area contributed by atoms with Crippen LogP contribution in [0.15, 0.2) is 23.1 Å². The van der Waals surface area contributed by atoms with Gasteiger partial charge in [-0.05, 0) is 24.6 Å². The first-order valence-corrected chi connectivity index (χ1v) is 5.56. The van der Waals surface area contributed by atoms with Crippen molar-refractivity contribution in [1.29, 1.82) is 0 Å². The highest BCUT2D eigenvalue weighted by molar-refractivity contribution is 7.99. The molecular formula is C10H12F3NOS. The molecule has 16 heavy (non-hydrogen) atoms. The lowest BCUT2D eigenvalue weighted by molar-refractivity contribution is -0.322. The van der Waals surface area contributed by atoms with E-state index in [-0.39, 0.29) is 12.4 Å². The normalized spacial score (nSPS) is 11.8. The van der Waals surface area contributed by atoms with Crippen LogP contribution in [0.2, 0.25) is 0 Å². The Kier molecular flexibility index (Phi) is 4.49. The van der Waals surface area contributed by atoms with Crippen LogP contribution in [0.5, 0.6) is 0 Å². The molecule has 1 rings (SSSR count). The predicted molar refractivity (Wildman–Crippen MR) is 58.3 cm³/mol. The highest BCUT2D eigenvalue weighted by Gasteiger charge is 2.28. The van der Waals surface area contributed by atoms with E-state index in [1.165, 1.54) is 11.8 Å². The van der Waals surface area contributed by atoms with Crippen LogP contribution in [0.3, 0.4) is 0 Å². The molecule has 90 valence electrons. The van der Waals surface area contributed by atoms with E-state index in [1.807, 2.05) is 19.1 Å². The van der Waals surface area contributed by atoms with Gasteiger partial charge in [0, 0.05) is 16.3 Å². The molecule has 0 saturated heterocycles. The van der Waals surface area contributed by atoms with Gasteiger partial charge in [0.15, 0.2) is 0 Å². The molecule has 1 aromatic carbocycles. The maximum absolute atomic E-state index is 11.7. The van der Waals surface area contributed by atoms with Gasteiger partial charge in [-0.15, -0.1) is 24.9 Å². The van der Waals surface area contributed by atoms with E-state index < -0.39 is 6.36 Å². The topological polar surface area (TPSA) is 35.2 Å². The van der Waals surface area contributed by atoms with Crippen molar-refractivity contribution in [2.45, 2.75) is 18.2 Å². The summed E-state index contributed by atoms with van der Waals surface area (Å²) < 4.78 is 38.7. The van der Waals surface area contributed by atoms with E-state index in [0.717, 1.165) is 10.5 Å². The van der Waals surface area contributed by atoms with Gasteiger partial charge in [-0.2, -0.15) is 0 Å². The second-order valence-corrected chi connectivity index (χ2v) is 4.32. The number of thioether (sulfide) groups is 1. The van der Waals surface area contributed by atoms with Crippen LogP contribution in [-0.2, 0) is 4.74 Å². The van der Waals surface area contributed by atoms with Crippen molar-refractivity contribution in [1.82, 2.24) is 0 Å². The molecule has 0 heterocycles. The Labute approximate surface area is 96.0 Å². The summed E-state index contributed by atoms with van der Waals surface area (Å²) in [6, 6.07) is 5.43. The zero-order chi connectivity index (χ0) is 12.2. The molecule has 0 radical (unpaired) electrons. The number of halogens is 3. The Balaban J connectivity index is 2.40. The average Bonchev–Trinajstić information content (AvgIpc) is 2.16. The average molecular weight is 251 g/mol. The van der Waals surface area contributed by atoms with Gasteiger partial charge in [0.05, 0.1) is 6.61 Å². The molecule has 0 aliphatic carbocycles. The maximum atomic E-state index is 11.7. The molecule has 1 aromatic rings. The van der Waals surface area contributed by atoms with Crippen molar-refractivity contribution >= 4 is 17.4 Å². The smallest absolute Gasteiger partial charge is 0.398 e. The number of alkyl halides is 3. The van der Waals surface area contributed by atoms with Crippen LogP contribution in [0.4, 0.5) is 18.9 Å². The fourth-order valence-electron chi connectivity index (χ4n) is 1.08. The standard InChI is InChI=1S/C10H12F3NOS/c1-7-2-3-8(14)9(6-7)16-5-4-15-10(11,12)13/h2-3,6H,4-5,14H2,1H3. The van der Waals surface area contributed by atoms with E-state index in [4.69, 9.17) is 5.73 Å². The number of aryl methyl sites for hydroxylation is 1. The molecule has 2 N–H and O–H groups in total. The van der Waals surface area contributed by atoms with Gasteiger partial charge in [-0.25, -0.2) is 0 Å². The third kappa shape index (κ3) is 4.76. The van der Waals surface area contributed by atoms with Gasteiger partial charge in [-0.1, -0.05) is 6.07 Å². The van der Waals surface area contributed by atoms with E-state index in [1.54, 1.807) is 6.07 Å². The maximum Gasteiger partial charge on any atom is 0.522 e. The van der Waals surface area contributed by atoms with Crippen molar-refractivity contribution in [3.05, 3.63) is 23.8 Å². The predicted octanol–water partition coefficient (Wildman–Crippen LogP) is 3.21. The van der Waals surface area contributed by atoms with Gasteiger partial charge in [-0.3, -0.25) is 4.74 Å². The van der Waals surface area contributed by atoms with Gasteiger partial charge in [0.2, 0.25) is 0 Å². The largest absolute Gasteiger partial charge is 0.522 e. The minimum atomic E-state index is -4.56. The minimum absolute atomic E-state index is 0.215. The van der Waals surface area contributed by atoms with Crippen LogP contribution in [0.25, 0.3) is 0 Å². The zero-order valence-electron chi connectivity index (χ0n) is 8.67. The summed E-state index contributed by atoms with van der Waals surface area (Å²) >= 11 is 1.25. The molecule has 0 amide bonds. The number of anilines is 1. The lowest BCUT2D eigenvalue weighted by atomic mass is 10.2. The quantitative estimate of drug-likeness (QED) is 0.507. The number of ether oxygens (including phenoxy) is 1. The molecule has 0 spiro atoms. The summed E-state index contributed by atoms with van der Waals surface area (Å²) in [5.74, 6) is 0.215. The third-order valence-corrected chi connectivity index (χ3v) is 2.81. The minimum Gasteiger partial charge on any atom is -0.398 e. The Morgan fingerprint density at radius 1 is 1.38 bits per heavy atom. The van der Waals surface area contributed by atoms with Crippen LogP contribution in [-0.4, -0.2) is 18.7 Å². The zero-order valence-corrected chi connectivity index (χ0v) is 9.49. The fraction of sp³-hybridized carbons (Fsp3) is 0.400. The lowest BCUT2D eigenvalue weighted by Gasteiger charge is -2.08. The van der Waals surface area contributed by atoms with E-state index >= 15 is 0 Å². The molecular weight excluding hydrogens is 239 g/mol. The van der Waals surface area contributed by atoms with Crippen molar-refractivity contribution in [2.24, 2.45) is 0 Å². The SMILES string of the molecule is Cc1ccc(N)c(SCCOC(F)(F)F)c1. The Morgan fingerprint density at radius 2 is 2.06 bits per heavy atom. The number of benzene rings is 1. The first-order valence-electron chi connectivity index (χ1n) is 4.58. The van der Waals surface area contributed by atoms with Gasteiger partial charge >= 0.3 is 6.36 Å². The molecule has 0 unspecified atom stereocenters. The van der Waals surface area contributed by atoms with E-state index in [9.17, 15) is 13.2 Å². The highest BCUT2D eigenvalue weighted by Crippen LogP contribution is 2.26. The van der Waals surface area contributed by atoms with Crippen LogP contribution in [0, 0.1) is 6.92 Å². The number of hydrogen-bond acceptors (Lipinski definition) is 3.